The number of likely N-dealkylation sites (tertiary alicyclic amines) is 1. The third-order valence-corrected chi connectivity index (χ3v) is 8.44. The van der Waals surface area contributed by atoms with Crippen LogP contribution in [0, 0.1) is 17.6 Å². The first-order chi connectivity index (χ1) is 20.1. The van der Waals surface area contributed by atoms with E-state index in [1.807, 2.05) is 29.1 Å². The topological polar surface area (TPSA) is 94.9 Å². The number of aromatic nitrogens is 5. The van der Waals surface area contributed by atoms with Gasteiger partial charge in [0.25, 0.3) is 5.91 Å². The zero-order valence-electron chi connectivity index (χ0n) is 24.3. The molecule has 0 spiro atoms. The summed E-state index contributed by atoms with van der Waals surface area (Å²) in [5, 5.41) is 11.0. The first-order valence-electron chi connectivity index (χ1n) is 14.4. The fraction of sp³-hybridized carbons (Fsp3) is 0.375. The Balaban J connectivity index is 1.48. The first-order valence-corrected chi connectivity index (χ1v) is 14.4. The number of amides is 1. The number of benzene rings is 2. The van der Waals surface area contributed by atoms with Gasteiger partial charge in [0, 0.05) is 28.9 Å². The number of rotatable bonds is 7. The summed E-state index contributed by atoms with van der Waals surface area (Å²) in [6.45, 7) is 7.68. The molecule has 0 radical (unpaired) electrons. The number of hydrogen-bond acceptors (Lipinski definition) is 5. The van der Waals surface area contributed by atoms with Crippen molar-refractivity contribution in [2.45, 2.75) is 58.7 Å². The molecule has 0 bridgehead atoms. The number of nitrogens with zero attached hydrogens (tertiary/aromatic N) is 6. The summed E-state index contributed by atoms with van der Waals surface area (Å²) in [4.78, 5) is 20.4. The van der Waals surface area contributed by atoms with Crippen LogP contribution in [0.5, 0.6) is 0 Å². The Hall–Kier alpha value is -4.18. The van der Waals surface area contributed by atoms with Gasteiger partial charge < -0.3 is 10.6 Å². The second kappa shape index (κ2) is 10.9. The number of piperidine rings is 1. The maximum atomic E-state index is 13.8. The van der Waals surface area contributed by atoms with Crippen molar-refractivity contribution in [2.24, 2.45) is 11.7 Å². The quantitative estimate of drug-likeness (QED) is 0.269. The van der Waals surface area contributed by atoms with Gasteiger partial charge in [-0.3, -0.25) is 9.48 Å². The monoisotopic (exact) mass is 571 g/mol. The number of halogens is 2. The number of fused-ring (bicyclic) bond motifs is 2. The lowest BCUT2D eigenvalue weighted by Gasteiger charge is -2.35. The molecule has 3 aromatic heterocycles. The third-order valence-electron chi connectivity index (χ3n) is 8.44. The highest BCUT2D eigenvalue weighted by Crippen LogP contribution is 2.37. The highest BCUT2D eigenvalue weighted by atomic mass is 19.2. The average molecular weight is 572 g/mol. The van der Waals surface area contributed by atoms with Crippen LogP contribution in [0.25, 0.3) is 33.1 Å². The number of pyridine rings is 1. The van der Waals surface area contributed by atoms with E-state index in [2.05, 4.69) is 37.8 Å². The second-order valence-corrected chi connectivity index (χ2v) is 11.9. The molecule has 2 N–H and O–H groups in total. The molecular weight excluding hydrogens is 536 g/mol. The number of carbonyl (C=O) groups excluding carboxylic acids is 1. The predicted octanol–water partition coefficient (Wildman–Crippen LogP) is 5.73. The zero-order valence-corrected chi connectivity index (χ0v) is 24.3. The molecule has 218 valence electrons. The molecule has 1 aliphatic rings. The summed E-state index contributed by atoms with van der Waals surface area (Å²) in [7, 11) is 2.15. The number of carbonyl (C=O) groups is 1. The van der Waals surface area contributed by atoms with Crippen molar-refractivity contribution in [1.82, 2.24) is 29.4 Å². The van der Waals surface area contributed by atoms with E-state index >= 15 is 0 Å². The maximum Gasteiger partial charge on any atom is 0.251 e. The standard InChI is InChI=1S/C32H35F2N7O/c1-18(2)11-27-30(31(35)42)29(24-16-37-41(32(24)38-27)23-9-10-39(4)19(3)12-23)21-6-8-28-22(14-21)15-36-40(28)17-20-5-7-25(33)26(34)13-20/h5-8,13-16,18-19,23H,9-12,17H2,1-4H3,(H2,35,42). The van der Waals surface area contributed by atoms with Gasteiger partial charge in [-0.1, -0.05) is 26.0 Å². The van der Waals surface area contributed by atoms with Crippen LogP contribution in [0.1, 0.15) is 61.3 Å². The molecule has 6 rings (SSSR count). The first kappa shape index (κ1) is 28.0. The minimum absolute atomic E-state index is 0.206. The van der Waals surface area contributed by atoms with E-state index in [-0.39, 0.29) is 18.5 Å². The minimum Gasteiger partial charge on any atom is -0.366 e. The Bertz CT molecular complexity index is 1810. The Morgan fingerprint density at radius 2 is 1.90 bits per heavy atom. The molecule has 1 fully saturated rings. The fourth-order valence-corrected chi connectivity index (χ4v) is 6.14. The highest BCUT2D eigenvalue weighted by molar-refractivity contribution is 6.09. The largest absolute Gasteiger partial charge is 0.366 e. The van der Waals surface area contributed by atoms with Crippen molar-refractivity contribution < 1.29 is 13.6 Å². The number of nitrogens with two attached hydrogens (primary N) is 1. The van der Waals surface area contributed by atoms with Crippen LogP contribution in [0.15, 0.2) is 48.8 Å². The third kappa shape index (κ3) is 5.04. The molecule has 1 aliphatic heterocycles. The lowest BCUT2D eigenvalue weighted by Crippen LogP contribution is -2.38. The predicted molar refractivity (Wildman–Crippen MR) is 159 cm³/mol. The summed E-state index contributed by atoms with van der Waals surface area (Å²) >= 11 is 0. The number of primary amides is 1. The minimum atomic E-state index is -0.889. The Labute approximate surface area is 243 Å². The van der Waals surface area contributed by atoms with E-state index in [1.54, 1.807) is 16.9 Å². The maximum absolute atomic E-state index is 13.8. The van der Waals surface area contributed by atoms with E-state index < -0.39 is 17.5 Å². The highest BCUT2D eigenvalue weighted by Gasteiger charge is 2.29. The molecule has 8 nitrogen and oxygen atoms in total. The Morgan fingerprint density at radius 1 is 1.10 bits per heavy atom. The van der Waals surface area contributed by atoms with E-state index in [0.29, 0.717) is 29.3 Å². The fourth-order valence-electron chi connectivity index (χ4n) is 6.14. The lowest BCUT2D eigenvalue weighted by atomic mass is 9.92. The van der Waals surface area contributed by atoms with Crippen LogP contribution < -0.4 is 5.73 Å². The van der Waals surface area contributed by atoms with Crippen molar-refractivity contribution in [3.05, 3.63) is 77.2 Å². The summed E-state index contributed by atoms with van der Waals surface area (Å²) in [5.74, 6) is -2.03. The van der Waals surface area contributed by atoms with Gasteiger partial charge in [-0.05, 0) is 74.5 Å². The van der Waals surface area contributed by atoms with Crippen LogP contribution in [-0.4, -0.2) is 55.0 Å². The lowest BCUT2D eigenvalue weighted by molar-refractivity contribution is 0.0999. The molecule has 2 aromatic carbocycles. The average Bonchev–Trinajstić information content (AvgIpc) is 3.55. The molecule has 10 heteroatoms. The van der Waals surface area contributed by atoms with E-state index in [0.717, 1.165) is 58.5 Å². The zero-order chi connectivity index (χ0) is 29.7. The molecule has 0 saturated carbocycles. The van der Waals surface area contributed by atoms with E-state index in [9.17, 15) is 13.6 Å². The van der Waals surface area contributed by atoms with Crippen molar-refractivity contribution in [3.63, 3.8) is 0 Å². The summed E-state index contributed by atoms with van der Waals surface area (Å²) in [6.07, 6.45) is 6.08. The SMILES string of the molecule is CC(C)Cc1nc2c(cnn2C2CCN(C)C(C)C2)c(-c2ccc3c(cnn3Cc3ccc(F)c(F)c3)c2)c1C(N)=O. The van der Waals surface area contributed by atoms with Crippen molar-refractivity contribution in [3.8, 4) is 11.1 Å². The molecule has 2 unspecified atom stereocenters. The molecule has 1 amide bonds. The molecule has 5 aromatic rings. The normalized spacial score (nSPS) is 18.0. The molecule has 4 heterocycles. The van der Waals surface area contributed by atoms with Crippen molar-refractivity contribution >= 4 is 27.8 Å². The second-order valence-electron chi connectivity index (χ2n) is 11.9. The summed E-state index contributed by atoms with van der Waals surface area (Å²) in [5.41, 5.74) is 10.9. The van der Waals surface area contributed by atoms with Crippen LogP contribution in [0.4, 0.5) is 8.78 Å². The number of hydrogen-bond donors (Lipinski definition) is 1. The molecule has 0 aliphatic carbocycles. The van der Waals surface area contributed by atoms with Crippen LogP contribution in [0.3, 0.4) is 0 Å². The van der Waals surface area contributed by atoms with Crippen molar-refractivity contribution in [1.29, 1.82) is 0 Å². The van der Waals surface area contributed by atoms with Crippen LogP contribution in [-0.2, 0) is 13.0 Å². The van der Waals surface area contributed by atoms with Crippen LogP contribution >= 0.6 is 0 Å². The van der Waals surface area contributed by atoms with Gasteiger partial charge in [0.05, 0.1) is 41.8 Å². The van der Waals surface area contributed by atoms with Gasteiger partial charge in [-0.15, -0.1) is 0 Å². The van der Waals surface area contributed by atoms with Gasteiger partial charge in [-0.2, -0.15) is 10.2 Å². The van der Waals surface area contributed by atoms with E-state index in [1.165, 1.54) is 6.07 Å². The van der Waals surface area contributed by atoms with Crippen LogP contribution in [0.2, 0.25) is 0 Å². The molecule has 1 saturated heterocycles. The molecular formula is C32H35F2N7O. The Morgan fingerprint density at radius 3 is 2.62 bits per heavy atom. The Kier molecular flexibility index (Phi) is 7.26. The smallest absolute Gasteiger partial charge is 0.251 e. The van der Waals surface area contributed by atoms with E-state index in [4.69, 9.17) is 15.8 Å². The summed E-state index contributed by atoms with van der Waals surface area (Å²) < 4.78 is 31.0. The van der Waals surface area contributed by atoms with Gasteiger partial charge >= 0.3 is 0 Å². The van der Waals surface area contributed by atoms with Gasteiger partial charge in [0.1, 0.15) is 0 Å². The summed E-state index contributed by atoms with van der Waals surface area (Å²) in [6, 6.07) is 10.3. The van der Waals surface area contributed by atoms with Gasteiger partial charge in [-0.25, -0.2) is 18.4 Å². The molecule has 2 atom stereocenters. The van der Waals surface area contributed by atoms with Gasteiger partial charge in [0.15, 0.2) is 17.3 Å². The van der Waals surface area contributed by atoms with Crippen molar-refractivity contribution in [2.75, 3.05) is 13.6 Å². The molecule has 42 heavy (non-hydrogen) atoms. The van der Waals surface area contributed by atoms with Gasteiger partial charge in [0.2, 0.25) is 0 Å².